The van der Waals surface area contributed by atoms with Crippen LogP contribution in [0.5, 0.6) is 5.75 Å². The summed E-state index contributed by atoms with van der Waals surface area (Å²) in [6.07, 6.45) is 5.12. The zero-order chi connectivity index (χ0) is 16.7. The molecule has 0 aliphatic carbocycles. The minimum atomic E-state index is -0.187. The van der Waals surface area contributed by atoms with Crippen molar-refractivity contribution >= 4 is 5.65 Å². The summed E-state index contributed by atoms with van der Waals surface area (Å²) in [7, 11) is 3.43. The second-order valence-corrected chi connectivity index (χ2v) is 5.43. The van der Waals surface area contributed by atoms with Crippen LogP contribution >= 0.6 is 0 Å². The predicted molar refractivity (Wildman–Crippen MR) is 90.0 cm³/mol. The maximum absolute atomic E-state index is 12.7. The maximum atomic E-state index is 12.7. The second kappa shape index (κ2) is 5.38. The summed E-state index contributed by atoms with van der Waals surface area (Å²) in [5.41, 5.74) is 3.18. The number of rotatable bonds is 3. The van der Waals surface area contributed by atoms with E-state index >= 15 is 0 Å². The summed E-state index contributed by atoms with van der Waals surface area (Å²) in [5.74, 6) is 0.749. The number of nitrogens with one attached hydrogen (secondary N) is 1. The van der Waals surface area contributed by atoms with Gasteiger partial charge in [0.05, 0.1) is 18.4 Å². The van der Waals surface area contributed by atoms with Gasteiger partial charge in [0.1, 0.15) is 5.75 Å². The fraction of sp³-hybridized carbons (Fsp3) is 0.118. The Morgan fingerprint density at radius 2 is 2.08 bits per heavy atom. The highest BCUT2D eigenvalue weighted by Crippen LogP contribution is 2.26. The smallest absolute Gasteiger partial charge is 0.282 e. The zero-order valence-electron chi connectivity index (χ0n) is 13.2. The lowest BCUT2D eigenvalue weighted by molar-refractivity contribution is 0.415. The van der Waals surface area contributed by atoms with E-state index in [0.717, 1.165) is 16.9 Å². The molecule has 3 aromatic heterocycles. The number of ether oxygens (including phenoxy) is 1. The van der Waals surface area contributed by atoms with E-state index < -0.39 is 0 Å². The summed E-state index contributed by atoms with van der Waals surface area (Å²) in [5, 5.41) is 7.24. The molecule has 4 aromatic rings. The molecule has 120 valence electrons. The van der Waals surface area contributed by atoms with E-state index in [4.69, 9.17) is 4.74 Å². The van der Waals surface area contributed by atoms with Crippen LogP contribution in [0.2, 0.25) is 0 Å². The van der Waals surface area contributed by atoms with Crippen molar-refractivity contribution in [2.75, 3.05) is 7.11 Å². The van der Waals surface area contributed by atoms with Crippen molar-refractivity contribution in [3.8, 4) is 28.1 Å². The molecule has 0 saturated heterocycles. The molecule has 24 heavy (non-hydrogen) atoms. The van der Waals surface area contributed by atoms with E-state index in [1.54, 1.807) is 36.4 Å². The van der Waals surface area contributed by atoms with E-state index in [1.165, 1.54) is 4.52 Å². The first-order valence-electron chi connectivity index (χ1n) is 7.41. The Morgan fingerprint density at radius 1 is 1.21 bits per heavy atom. The van der Waals surface area contributed by atoms with Gasteiger partial charge in [0.15, 0.2) is 5.65 Å². The number of aromatic amines is 1. The molecule has 1 aromatic carbocycles. The molecule has 0 aliphatic rings. The van der Waals surface area contributed by atoms with Crippen LogP contribution in [0.4, 0.5) is 0 Å². The Hall–Kier alpha value is -3.35. The summed E-state index contributed by atoms with van der Waals surface area (Å²) in [6.45, 7) is 0. The minimum absolute atomic E-state index is 0.187. The van der Waals surface area contributed by atoms with E-state index in [9.17, 15) is 4.79 Å². The number of benzene rings is 1. The molecular weight excluding hydrogens is 306 g/mol. The van der Waals surface area contributed by atoms with Crippen LogP contribution in [0.1, 0.15) is 0 Å². The average molecular weight is 321 g/mol. The van der Waals surface area contributed by atoms with Crippen LogP contribution in [-0.2, 0) is 7.05 Å². The summed E-state index contributed by atoms with van der Waals surface area (Å²) < 4.78 is 8.34. The summed E-state index contributed by atoms with van der Waals surface area (Å²) >= 11 is 0. The lowest BCUT2D eigenvalue weighted by Crippen LogP contribution is -2.17. The third-order valence-corrected chi connectivity index (χ3v) is 3.91. The number of aromatic nitrogens is 5. The fourth-order valence-corrected chi connectivity index (χ4v) is 2.70. The lowest BCUT2D eigenvalue weighted by atomic mass is 10.1. The molecule has 0 radical (unpaired) electrons. The van der Waals surface area contributed by atoms with Gasteiger partial charge >= 0.3 is 0 Å². The van der Waals surface area contributed by atoms with Gasteiger partial charge < -0.3 is 4.74 Å². The van der Waals surface area contributed by atoms with Crippen LogP contribution in [0, 0.1) is 0 Å². The van der Waals surface area contributed by atoms with E-state index in [1.807, 2.05) is 31.3 Å². The van der Waals surface area contributed by atoms with Crippen LogP contribution < -0.4 is 10.3 Å². The molecule has 4 rings (SSSR count). The normalized spacial score (nSPS) is 11.1. The lowest BCUT2D eigenvalue weighted by Gasteiger charge is -2.03. The monoisotopic (exact) mass is 321 g/mol. The molecule has 7 nitrogen and oxygen atoms in total. The highest BCUT2D eigenvalue weighted by Gasteiger charge is 2.14. The zero-order valence-corrected chi connectivity index (χ0v) is 13.2. The highest BCUT2D eigenvalue weighted by molar-refractivity contribution is 5.78. The molecule has 0 spiro atoms. The Kier molecular flexibility index (Phi) is 3.19. The molecule has 0 saturated carbocycles. The topological polar surface area (TPSA) is 77.2 Å². The summed E-state index contributed by atoms with van der Waals surface area (Å²) in [6, 6.07) is 9.42. The van der Waals surface area contributed by atoms with E-state index in [2.05, 4.69) is 15.2 Å². The Morgan fingerprint density at radius 3 is 2.83 bits per heavy atom. The minimum Gasteiger partial charge on any atom is -0.497 e. The maximum Gasteiger partial charge on any atom is 0.282 e. The van der Waals surface area contributed by atoms with Gasteiger partial charge in [0.2, 0.25) is 0 Å². The molecular formula is C17H15N5O2. The molecule has 0 aliphatic heterocycles. The first kappa shape index (κ1) is 14.3. The number of hydrogen-bond donors (Lipinski definition) is 1. The van der Waals surface area contributed by atoms with Gasteiger partial charge in [-0.3, -0.25) is 14.6 Å². The third-order valence-electron chi connectivity index (χ3n) is 3.91. The van der Waals surface area contributed by atoms with Gasteiger partial charge in [-0.05, 0) is 23.8 Å². The Bertz CT molecular complexity index is 1090. The van der Waals surface area contributed by atoms with Crippen molar-refractivity contribution in [3.05, 3.63) is 59.3 Å². The van der Waals surface area contributed by atoms with Gasteiger partial charge in [0.25, 0.3) is 5.56 Å². The first-order valence-corrected chi connectivity index (χ1v) is 7.41. The number of fused-ring (bicyclic) bond motifs is 1. The first-order chi connectivity index (χ1) is 11.7. The Labute approximate surface area is 137 Å². The van der Waals surface area contributed by atoms with E-state index in [-0.39, 0.29) is 5.56 Å². The number of methoxy groups -OCH3 is 1. The standard InChI is InChI=1S/C17H15N5O2/c1-21-7-6-15(20-21)14-9-18-16-13(10-19-22(16)17(14)23)11-4-3-5-12(8-11)24-2/h3-10,19H,1-2H3. The molecule has 1 N–H and O–H groups in total. The number of H-pyrrole nitrogens is 1. The van der Waals surface area contributed by atoms with Crippen molar-refractivity contribution in [3.63, 3.8) is 0 Å². The van der Waals surface area contributed by atoms with Crippen molar-refractivity contribution in [2.24, 2.45) is 7.05 Å². The highest BCUT2D eigenvalue weighted by atomic mass is 16.5. The molecule has 0 unspecified atom stereocenters. The molecule has 7 heteroatoms. The number of hydrogen-bond acceptors (Lipinski definition) is 4. The Balaban J connectivity index is 1.89. The van der Waals surface area contributed by atoms with Crippen LogP contribution in [0.25, 0.3) is 28.0 Å². The third kappa shape index (κ3) is 2.18. The molecule has 0 amide bonds. The van der Waals surface area contributed by atoms with Gasteiger partial charge in [0, 0.05) is 31.2 Å². The van der Waals surface area contributed by atoms with Gasteiger partial charge in [-0.2, -0.15) is 5.10 Å². The van der Waals surface area contributed by atoms with Crippen LogP contribution in [-0.4, -0.2) is 31.5 Å². The summed E-state index contributed by atoms with van der Waals surface area (Å²) in [4.78, 5) is 17.2. The van der Waals surface area contributed by atoms with Gasteiger partial charge in [-0.25, -0.2) is 9.50 Å². The van der Waals surface area contributed by atoms with E-state index in [0.29, 0.717) is 16.9 Å². The van der Waals surface area contributed by atoms with Crippen molar-refractivity contribution < 1.29 is 4.74 Å². The number of aryl methyl sites for hydroxylation is 1. The van der Waals surface area contributed by atoms with Crippen molar-refractivity contribution in [1.29, 1.82) is 0 Å². The van der Waals surface area contributed by atoms with Gasteiger partial charge in [-0.1, -0.05) is 12.1 Å². The van der Waals surface area contributed by atoms with Gasteiger partial charge in [-0.15, -0.1) is 0 Å². The quantitative estimate of drug-likeness (QED) is 0.627. The van der Waals surface area contributed by atoms with Crippen molar-refractivity contribution in [2.45, 2.75) is 0 Å². The predicted octanol–water partition coefficient (Wildman–Crippen LogP) is 2.10. The average Bonchev–Trinajstić information content (AvgIpc) is 3.22. The molecule has 3 heterocycles. The molecule has 0 bridgehead atoms. The fourth-order valence-electron chi connectivity index (χ4n) is 2.70. The SMILES string of the molecule is COc1cccc(-c2c[nH]n3c(=O)c(-c4ccn(C)n4)cnc23)c1. The molecule has 0 atom stereocenters. The van der Waals surface area contributed by atoms with Crippen LogP contribution in [0.15, 0.2) is 53.7 Å². The number of nitrogens with zero attached hydrogens (tertiary/aromatic N) is 4. The molecule has 0 fully saturated rings. The van der Waals surface area contributed by atoms with Crippen LogP contribution in [0.3, 0.4) is 0 Å². The van der Waals surface area contributed by atoms with Crippen molar-refractivity contribution in [1.82, 2.24) is 24.4 Å². The second-order valence-electron chi connectivity index (χ2n) is 5.43. The largest absolute Gasteiger partial charge is 0.497 e.